The zero-order valence-electron chi connectivity index (χ0n) is 17.2. The van der Waals surface area contributed by atoms with Gasteiger partial charge in [-0.3, -0.25) is 14.5 Å². The minimum Gasteiger partial charge on any atom is -0.368 e. The van der Waals surface area contributed by atoms with E-state index < -0.39 is 0 Å². The summed E-state index contributed by atoms with van der Waals surface area (Å²) in [5.41, 5.74) is 1.10. The van der Waals surface area contributed by atoms with Gasteiger partial charge < -0.3 is 14.7 Å². The molecule has 3 saturated heterocycles. The summed E-state index contributed by atoms with van der Waals surface area (Å²) < 4.78 is 0. The number of piperazine rings is 1. The number of nitrogens with zero attached hydrogens (tertiary/aromatic N) is 6. The van der Waals surface area contributed by atoms with E-state index in [1.54, 1.807) is 4.90 Å². The second-order valence-electron chi connectivity index (χ2n) is 8.16. The highest BCUT2D eigenvalue weighted by Crippen LogP contribution is 2.34. The normalized spacial score (nSPS) is 22.0. The summed E-state index contributed by atoms with van der Waals surface area (Å²) in [6, 6.07) is 7.65. The molecule has 0 unspecified atom stereocenters. The quantitative estimate of drug-likeness (QED) is 0.698. The highest BCUT2D eigenvalue weighted by Gasteiger charge is 2.37. The Balaban J connectivity index is 1.23. The molecule has 0 N–H and O–H groups in total. The van der Waals surface area contributed by atoms with Crippen LogP contribution in [0.4, 0.5) is 16.0 Å². The topological polar surface area (TPSA) is 72.9 Å². The third-order valence-corrected chi connectivity index (χ3v) is 7.47. The predicted octanol–water partition coefficient (Wildman–Crippen LogP) is 2.64. The van der Waals surface area contributed by atoms with Crippen LogP contribution in [0.25, 0.3) is 0 Å². The maximum atomic E-state index is 13.3. The molecule has 0 radical (unpaired) electrons. The zero-order valence-corrected chi connectivity index (χ0v) is 18.8. The van der Waals surface area contributed by atoms with E-state index in [9.17, 15) is 9.59 Å². The Hall–Kier alpha value is -2.39. The molecule has 2 amide bonds. The van der Waals surface area contributed by atoms with Gasteiger partial charge in [-0.25, -0.2) is 0 Å². The maximum Gasteiger partial charge on any atom is 0.245 e. The van der Waals surface area contributed by atoms with Crippen molar-refractivity contribution in [2.75, 3.05) is 54.0 Å². The standard InChI is InChI=1S/C21H25ClN6O2S/c22-15-4-1-5-16(14-15)25-10-12-26(13-11-25)19(30)17-6-2-8-27(17)20-23-24-21(31-20)28-9-3-7-18(28)29/h1,4-5,14,17H,2-3,6-13H2/t17-/m1/s1. The van der Waals surface area contributed by atoms with Gasteiger partial charge in [0.1, 0.15) is 6.04 Å². The highest BCUT2D eigenvalue weighted by atomic mass is 35.5. The molecule has 0 bridgehead atoms. The molecule has 5 rings (SSSR count). The molecule has 0 saturated carbocycles. The van der Waals surface area contributed by atoms with Gasteiger partial charge in [0.15, 0.2) is 0 Å². The Labute approximate surface area is 190 Å². The van der Waals surface area contributed by atoms with Crippen molar-refractivity contribution in [2.24, 2.45) is 0 Å². The number of rotatable bonds is 4. The smallest absolute Gasteiger partial charge is 0.245 e. The van der Waals surface area contributed by atoms with Crippen molar-refractivity contribution < 1.29 is 9.59 Å². The number of anilines is 3. The number of halogens is 1. The van der Waals surface area contributed by atoms with Gasteiger partial charge in [0, 0.05) is 56.4 Å². The summed E-state index contributed by atoms with van der Waals surface area (Å²) in [4.78, 5) is 33.4. The summed E-state index contributed by atoms with van der Waals surface area (Å²) in [5.74, 6) is 0.270. The minimum absolute atomic E-state index is 0.106. The number of amides is 2. The first-order chi connectivity index (χ1) is 15.1. The summed E-state index contributed by atoms with van der Waals surface area (Å²) in [5, 5.41) is 10.7. The second kappa shape index (κ2) is 8.63. The molecule has 10 heteroatoms. The van der Waals surface area contributed by atoms with Crippen LogP contribution in [-0.2, 0) is 9.59 Å². The number of carbonyl (C=O) groups excluding carboxylic acids is 2. The summed E-state index contributed by atoms with van der Waals surface area (Å²) in [6.07, 6.45) is 3.21. The van der Waals surface area contributed by atoms with Crippen LogP contribution in [0.3, 0.4) is 0 Å². The van der Waals surface area contributed by atoms with Gasteiger partial charge in [-0.1, -0.05) is 29.0 Å². The van der Waals surface area contributed by atoms with E-state index >= 15 is 0 Å². The molecule has 31 heavy (non-hydrogen) atoms. The number of aromatic nitrogens is 2. The van der Waals surface area contributed by atoms with Gasteiger partial charge in [-0.05, 0) is 37.5 Å². The number of carbonyl (C=O) groups is 2. The molecule has 2 aromatic rings. The number of hydrogen-bond donors (Lipinski definition) is 0. The van der Waals surface area contributed by atoms with Gasteiger partial charge in [0.05, 0.1) is 0 Å². The lowest BCUT2D eigenvalue weighted by atomic mass is 10.1. The molecule has 0 spiro atoms. The van der Waals surface area contributed by atoms with Crippen LogP contribution in [0.15, 0.2) is 24.3 Å². The van der Waals surface area contributed by atoms with Crippen LogP contribution < -0.4 is 14.7 Å². The lowest BCUT2D eigenvalue weighted by Crippen LogP contribution is -2.53. The van der Waals surface area contributed by atoms with Crippen LogP contribution in [0.1, 0.15) is 25.7 Å². The van der Waals surface area contributed by atoms with Gasteiger partial charge in [0.2, 0.25) is 22.1 Å². The molecule has 0 aliphatic carbocycles. The summed E-state index contributed by atoms with van der Waals surface area (Å²) in [6.45, 7) is 4.46. The lowest BCUT2D eigenvalue weighted by molar-refractivity contribution is -0.132. The van der Waals surface area contributed by atoms with Gasteiger partial charge >= 0.3 is 0 Å². The van der Waals surface area contributed by atoms with E-state index in [-0.39, 0.29) is 17.9 Å². The molecular weight excluding hydrogens is 436 g/mol. The minimum atomic E-state index is -0.201. The van der Waals surface area contributed by atoms with Crippen molar-refractivity contribution >= 4 is 50.7 Å². The highest BCUT2D eigenvalue weighted by molar-refractivity contribution is 7.19. The first-order valence-corrected chi connectivity index (χ1v) is 12.0. The SMILES string of the molecule is O=C([C@H]1CCCN1c1nnc(N2CCCC2=O)s1)N1CCN(c2cccc(Cl)c2)CC1. The molecule has 1 aromatic heterocycles. The zero-order chi connectivity index (χ0) is 21.4. The van der Waals surface area contributed by atoms with Crippen LogP contribution in [0.2, 0.25) is 5.02 Å². The molecular formula is C21H25ClN6O2S. The van der Waals surface area contributed by atoms with E-state index in [4.69, 9.17) is 11.6 Å². The average Bonchev–Trinajstić information content (AvgIpc) is 3.53. The third-order valence-electron chi connectivity index (χ3n) is 6.26. The molecule has 1 atom stereocenters. The monoisotopic (exact) mass is 460 g/mol. The van der Waals surface area contributed by atoms with E-state index in [2.05, 4.69) is 26.1 Å². The Morgan fingerprint density at radius 1 is 1.03 bits per heavy atom. The van der Waals surface area contributed by atoms with Gasteiger partial charge in [0.25, 0.3) is 0 Å². The Kier molecular flexibility index (Phi) is 5.71. The van der Waals surface area contributed by atoms with Crippen molar-refractivity contribution in [3.05, 3.63) is 29.3 Å². The fraction of sp³-hybridized carbons (Fsp3) is 0.524. The van der Waals surface area contributed by atoms with Crippen LogP contribution in [-0.4, -0.2) is 72.2 Å². The average molecular weight is 461 g/mol. The molecule has 164 valence electrons. The fourth-order valence-corrected chi connectivity index (χ4v) is 5.75. The van der Waals surface area contributed by atoms with Crippen molar-refractivity contribution in [3.8, 4) is 0 Å². The fourth-order valence-electron chi connectivity index (χ4n) is 4.60. The number of hydrogen-bond acceptors (Lipinski definition) is 7. The molecule has 3 aliphatic heterocycles. The first kappa shape index (κ1) is 20.5. The van der Waals surface area contributed by atoms with E-state index in [0.29, 0.717) is 31.2 Å². The Morgan fingerprint density at radius 2 is 1.84 bits per heavy atom. The predicted molar refractivity (Wildman–Crippen MR) is 122 cm³/mol. The maximum absolute atomic E-state index is 13.3. The lowest BCUT2D eigenvalue weighted by Gasteiger charge is -2.38. The Bertz CT molecular complexity index is 976. The summed E-state index contributed by atoms with van der Waals surface area (Å²) in [7, 11) is 0. The van der Waals surface area contributed by atoms with Crippen LogP contribution in [0, 0.1) is 0 Å². The Morgan fingerprint density at radius 3 is 2.58 bits per heavy atom. The molecule has 4 heterocycles. The van der Waals surface area contributed by atoms with Crippen molar-refractivity contribution in [3.63, 3.8) is 0 Å². The van der Waals surface area contributed by atoms with Crippen LogP contribution in [0.5, 0.6) is 0 Å². The number of benzene rings is 1. The second-order valence-corrected chi connectivity index (χ2v) is 9.53. The molecule has 1 aromatic carbocycles. The molecule has 3 aliphatic rings. The van der Waals surface area contributed by atoms with Crippen molar-refractivity contribution in [1.29, 1.82) is 0 Å². The van der Waals surface area contributed by atoms with E-state index in [1.165, 1.54) is 11.3 Å². The first-order valence-electron chi connectivity index (χ1n) is 10.8. The summed E-state index contributed by atoms with van der Waals surface area (Å²) >= 11 is 7.54. The molecule has 3 fully saturated rings. The van der Waals surface area contributed by atoms with E-state index in [0.717, 1.165) is 54.7 Å². The van der Waals surface area contributed by atoms with Crippen molar-refractivity contribution in [2.45, 2.75) is 31.7 Å². The van der Waals surface area contributed by atoms with E-state index in [1.807, 2.05) is 23.1 Å². The van der Waals surface area contributed by atoms with Crippen LogP contribution >= 0.6 is 22.9 Å². The largest absolute Gasteiger partial charge is 0.368 e. The third kappa shape index (κ3) is 4.08. The van der Waals surface area contributed by atoms with Gasteiger partial charge in [-0.15, -0.1) is 10.2 Å². The van der Waals surface area contributed by atoms with Crippen molar-refractivity contribution in [1.82, 2.24) is 15.1 Å². The molecule has 8 nitrogen and oxygen atoms in total. The van der Waals surface area contributed by atoms with Gasteiger partial charge in [-0.2, -0.15) is 0 Å².